The first-order valence-corrected chi connectivity index (χ1v) is 8.99. The van der Waals surface area contributed by atoms with Crippen molar-refractivity contribution in [3.63, 3.8) is 0 Å². The van der Waals surface area contributed by atoms with Gasteiger partial charge in [-0.15, -0.1) is 0 Å². The van der Waals surface area contributed by atoms with Crippen LogP contribution in [0.25, 0.3) is 0 Å². The molecule has 0 N–H and O–H groups in total. The predicted molar refractivity (Wildman–Crippen MR) is 91.4 cm³/mol. The third kappa shape index (κ3) is 3.31. The summed E-state index contributed by atoms with van der Waals surface area (Å²) in [6, 6.07) is 8.79. The van der Waals surface area contributed by atoms with Gasteiger partial charge in [-0.3, -0.25) is 0 Å². The molecule has 1 aliphatic heterocycles. The van der Waals surface area contributed by atoms with E-state index in [1.165, 1.54) is 45.5 Å². The van der Waals surface area contributed by atoms with E-state index in [4.69, 9.17) is 18.9 Å². The summed E-state index contributed by atoms with van der Waals surface area (Å²) in [7, 11) is 0.354. The molecule has 0 radical (unpaired) electrons. The lowest BCUT2D eigenvalue weighted by Crippen LogP contribution is -2.23. The zero-order valence-electron chi connectivity index (χ0n) is 14.4. The van der Waals surface area contributed by atoms with Crippen LogP contribution in [0.5, 0.6) is 23.0 Å². The predicted octanol–water partition coefficient (Wildman–Crippen LogP) is 1.89. The highest BCUT2D eigenvalue weighted by Gasteiger charge is 2.24. The Kier molecular flexibility index (Phi) is 4.75. The Morgan fingerprint density at radius 2 is 1.81 bits per heavy atom. The van der Waals surface area contributed by atoms with Gasteiger partial charge in [0.1, 0.15) is 16.4 Å². The maximum absolute atomic E-state index is 12.4. The Bertz CT molecular complexity index is 954. The second kappa shape index (κ2) is 6.85. The van der Waals surface area contributed by atoms with Crippen LogP contribution in [0.3, 0.4) is 0 Å². The quantitative estimate of drug-likeness (QED) is 0.579. The molecule has 0 aromatic heterocycles. The van der Waals surface area contributed by atoms with Crippen molar-refractivity contribution in [2.24, 2.45) is 0 Å². The topological polar surface area (TPSA) is 91.4 Å². The third-order valence-corrected chi connectivity index (χ3v) is 5.55. The summed E-state index contributed by atoms with van der Waals surface area (Å²) in [5.74, 6) is 0.724. The first kappa shape index (κ1) is 18.0. The normalized spacial score (nSPS) is 12.9. The highest BCUT2D eigenvalue weighted by molar-refractivity contribution is 7.89. The van der Waals surface area contributed by atoms with E-state index < -0.39 is 16.0 Å². The van der Waals surface area contributed by atoms with Gasteiger partial charge >= 0.3 is 5.97 Å². The minimum Gasteiger partial charge on any atom is -0.495 e. The largest absolute Gasteiger partial charge is 0.495 e. The van der Waals surface area contributed by atoms with Crippen molar-refractivity contribution in [2.45, 2.75) is 4.90 Å². The molecule has 0 saturated carbocycles. The molecule has 0 unspecified atom stereocenters. The lowest BCUT2D eigenvalue weighted by Gasteiger charge is -2.15. The molecular weight excluding hydrogens is 362 g/mol. The van der Waals surface area contributed by atoms with Crippen LogP contribution in [-0.2, 0) is 10.0 Å². The van der Waals surface area contributed by atoms with Gasteiger partial charge in [-0.2, -0.15) is 0 Å². The molecule has 0 saturated heterocycles. The van der Waals surface area contributed by atoms with Crippen molar-refractivity contribution in [3.05, 3.63) is 42.0 Å². The van der Waals surface area contributed by atoms with Gasteiger partial charge in [-0.25, -0.2) is 17.5 Å². The highest BCUT2D eigenvalue weighted by Crippen LogP contribution is 2.35. The summed E-state index contributed by atoms with van der Waals surface area (Å²) < 4.78 is 46.7. The van der Waals surface area contributed by atoms with Gasteiger partial charge in [0.05, 0.1) is 12.7 Å². The fourth-order valence-corrected chi connectivity index (χ4v) is 3.38. The number of carbonyl (C=O) groups excluding carboxylic acids is 1. The molecule has 0 aliphatic carbocycles. The number of rotatable bonds is 5. The van der Waals surface area contributed by atoms with Crippen LogP contribution in [-0.4, -0.2) is 46.7 Å². The first-order chi connectivity index (χ1) is 12.3. The first-order valence-electron chi connectivity index (χ1n) is 7.55. The fourth-order valence-electron chi connectivity index (χ4n) is 2.31. The lowest BCUT2D eigenvalue weighted by atomic mass is 10.2. The van der Waals surface area contributed by atoms with Crippen LogP contribution in [0, 0.1) is 0 Å². The van der Waals surface area contributed by atoms with Gasteiger partial charge in [-0.05, 0) is 30.3 Å². The van der Waals surface area contributed by atoms with E-state index >= 15 is 0 Å². The van der Waals surface area contributed by atoms with Crippen LogP contribution in [0.15, 0.2) is 41.3 Å². The molecular formula is C17H17NO7S. The number of methoxy groups -OCH3 is 1. The average molecular weight is 379 g/mol. The molecule has 1 heterocycles. The summed E-state index contributed by atoms with van der Waals surface area (Å²) in [5.41, 5.74) is 0.0730. The molecule has 1 aliphatic rings. The standard InChI is InChI=1S/C17H17NO7S/c1-18(2)26(20,21)16-8-11(4-6-14(16)22-3)17(19)25-12-5-7-13-15(9-12)24-10-23-13/h4-9H,10H2,1-3H3. The number of esters is 1. The van der Waals surface area contributed by atoms with Crippen molar-refractivity contribution < 1.29 is 32.2 Å². The number of fused-ring (bicyclic) bond motifs is 1. The van der Waals surface area contributed by atoms with Crippen LogP contribution in [0.4, 0.5) is 0 Å². The van der Waals surface area contributed by atoms with Crippen LogP contribution in [0.2, 0.25) is 0 Å². The monoisotopic (exact) mass is 379 g/mol. The number of hydrogen-bond acceptors (Lipinski definition) is 7. The molecule has 0 bridgehead atoms. The number of nitrogens with zero attached hydrogens (tertiary/aromatic N) is 1. The van der Waals surface area contributed by atoms with Gasteiger partial charge in [0.15, 0.2) is 11.5 Å². The lowest BCUT2D eigenvalue weighted by molar-refractivity contribution is 0.0734. The zero-order valence-corrected chi connectivity index (χ0v) is 15.2. The molecule has 0 spiro atoms. The van der Waals surface area contributed by atoms with Crippen LogP contribution < -0.4 is 18.9 Å². The second-order valence-electron chi connectivity index (χ2n) is 5.56. The Morgan fingerprint density at radius 3 is 2.50 bits per heavy atom. The Morgan fingerprint density at radius 1 is 1.08 bits per heavy atom. The van der Waals surface area contributed by atoms with E-state index in [9.17, 15) is 13.2 Å². The van der Waals surface area contributed by atoms with Gasteiger partial charge in [-0.1, -0.05) is 0 Å². The van der Waals surface area contributed by atoms with Crippen molar-refractivity contribution in [1.29, 1.82) is 0 Å². The number of carbonyl (C=O) groups is 1. The van der Waals surface area contributed by atoms with Crippen LogP contribution in [0.1, 0.15) is 10.4 Å². The molecule has 8 nitrogen and oxygen atoms in total. The minimum atomic E-state index is -3.79. The molecule has 0 fully saturated rings. The molecule has 138 valence electrons. The van der Waals surface area contributed by atoms with E-state index in [2.05, 4.69) is 0 Å². The van der Waals surface area contributed by atoms with Gasteiger partial charge in [0, 0.05) is 20.2 Å². The minimum absolute atomic E-state index is 0.0730. The van der Waals surface area contributed by atoms with E-state index in [-0.39, 0.29) is 28.8 Å². The summed E-state index contributed by atoms with van der Waals surface area (Å²) in [6.07, 6.45) is 0. The fraction of sp³-hybridized carbons (Fsp3) is 0.235. The molecule has 0 amide bonds. The van der Waals surface area contributed by atoms with Crippen molar-refractivity contribution >= 4 is 16.0 Å². The summed E-state index contributed by atoms with van der Waals surface area (Å²) >= 11 is 0. The smallest absolute Gasteiger partial charge is 0.343 e. The number of sulfonamides is 1. The van der Waals surface area contributed by atoms with E-state index in [1.54, 1.807) is 12.1 Å². The van der Waals surface area contributed by atoms with Gasteiger partial charge in [0.2, 0.25) is 16.8 Å². The van der Waals surface area contributed by atoms with Gasteiger partial charge < -0.3 is 18.9 Å². The molecule has 2 aromatic rings. The summed E-state index contributed by atoms with van der Waals surface area (Å²) in [6.45, 7) is 0.108. The van der Waals surface area contributed by atoms with Crippen LogP contribution >= 0.6 is 0 Å². The molecule has 2 aromatic carbocycles. The highest BCUT2D eigenvalue weighted by atomic mass is 32.2. The van der Waals surface area contributed by atoms with Crippen molar-refractivity contribution in [1.82, 2.24) is 4.31 Å². The molecule has 0 atom stereocenters. The number of hydrogen-bond donors (Lipinski definition) is 0. The number of ether oxygens (including phenoxy) is 4. The summed E-state index contributed by atoms with van der Waals surface area (Å²) in [5, 5.41) is 0. The van der Waals surface area contributed by atoms with Crippen molar-refractivity contribution in [2.75, 3.05) is 28.0 Å². The van der Waals surface area contributed by atoms with E-state index in [0.29, 0.717) is 11.5 Å². The summed E-state index contributed by atoms with van der Waals surface area (Å²) in [4.78, 5) is 12.3. The maximum Gasteiger partial charge on any atom is 0.343 e. The van der Waals surface area contributed by atoms with E-state index in [0.717, 1.165) is 4.31 Å². The van der Waals surface area contributed by atoms with Crippen molar-refractivity contribution in [3.8, 4) is 23.0 Å². The van der Waals surface area contributed by atoms with Gasteiger partial charge in [0.25, 0.3) is 0 Å². The Balaban J connectivity index is 1.90. The Labute approximate surface area is 150 Å². The second-order valence-corrected chi connectivity index (χ2v) is 7.68. The average Bonchev–Trinajstić information content (AvgIpc) is 3.08. The molecule has 9 heteroatoms. The van der Waals surface area contributed by atoms with E-state index in [1.807, 2.05) is 0 Å². The molecule has 3 rings (SSSR count). The maximum atomic E-state index is 12.4. The Hall–Kier alpha value is -2.78. The zero-order chi connectivity index (χ0) is 18.9. The third-order valence-electron chi connectivity index (χ3n) is 3.71. The SMILES string of the molecule is COc1ccc(C(=O)Oc2ccc3c(c2)OCO3)cc1S(=O)(=O)N(C)C. The number of benzene rings is 2. The molecule has 26 heavy (non-hydrogen) atoms.